The second-order valence-electron chi connectivity index (χ2n) is 7.75. The van der Waals surface area contributed by atoms with Crippen LogP contribution in [0.4, 0.5) is 5.82 Å². The fraction of sp³-hybridized carbons (Fsp3) is 0.250. The van der Waals surface area contributed by atoms with E-state index in [4.69, 9.17) is 32.9 Å². The summed E-state index contributed by atoms with van der Waals surface area (Å²) in [7, 11) is 1.70. The first-order valence-electron chi connectivity index (χ1n) is 10.4. The fourth-order valence-electron chi connectivity index (χ4n) is 4.17. The highest BCUT2D eigenvalue weighted by atomic mass is 35.5. The van der Waals surface area contributed by atoms with Gasteiger partial charge in [0.15, 0.2) is 0 Å². The van der Waals surface area contributed by atoms with Crippen LogP contribution in [0.5, 0.6) is 5.75 Å². The summed E-state index contributed by atoms with van der Waals surface area (Å²) >= 11 is 14.0. The molecule has 0 radical (unpaired) electrons. The molecule has 8 heteroatoms. The number of thiophene rings is 1. The van der Waals surface area contributed by atoms with Crippen LogP contribution in [0.1, 0.15) is 5.56 Å². The van der Waals surface area contributed by atoms with Crippen LogP contribution in [-0.2, 0) is 6.54 Å². The number of methoxy groups -OCH3 is 1. The zero-order valence-electron chi connectivity index (χ0n) is 17.6. The van der Waals surface area contributed by atoms with E-state index in [1.807, 2.05) is 30.3 Å². The maximum absolute atomic E-state index is 6.21. The first kappa shape index (κ1) is 21.5. The lowest BCUT2D eigenvalue weighted by molar-refractivity contribution is 0.246. The molecule has 1 saturated heterocycles. The number of piperazine rings is 1. The molecule has 0 saturated carbocycles. The van der Waals surface area contributed by atoms with Crippen LogP contribution in [0, 0.1) is 0 Å². The maximum atomic E-state index is 6.21. The van der Waals surface area contributed by atoms with Gasteiger partial charge in [0.2, 0.25) is 0 Å². The molecule has 0 N–H and O–H groups in total. The van der Waals surface area contributed by atoms with E-state index < -0.39 is 0 Å². The Morgan fingerprint density at radius 2 is 1.72 bits per heavy atom. The highest BCUT2D eigenvalue weighted by molar-refractivity contribution is 7.17. The third-order valence-electron chi connectivity index (χ3n) is 5.81. The zero-order valence-corrected chi connectivity index (χ0v) is 19.9. The smallest absolute Gasteiger partial charge is 0.141 e. The molecule has 0 bridgehead atoms. The van der Waals surface area contributed by atoms with Crippen molar-refractivity contribution in [2.75, 3.05) is 38.2 Å². The van der Waals surface area contributed by atoms with Gasteiger partial charge in [-0.2, -0.15) is 0 Å². The molecular weight excluding hydrogens is 463 g/mol. The van der Waals surface area contributed by atoms with Crippen molar-refractivity contribution in [1.82, 2.24) is 14.9 Å². The van der Waals surface area contributed by atoms with E-state index in [0.717, 1.165) is 81.2 Å². The number of nitrogens with zero attached hydrogens (tertiary/aromatic N) is 4. The minimum atomic E-state index is 0.731. The fourth-order valence-corrected chi connectivity index (χ4v) is 5.40. The highest BCUT2D eigenvalue weighted by Crippen LogP contribution is 2.38. The average molecular weight is 485 g/mol. The zero-order chi connectivity index (χ0) is 22.1. The SMILES string of the molecule is COc1ccc(Cl)cc1CN1CCN(c2ncnc3scc(-c4ccc(Cl)cc4)c23)CC1. The lowest BCUT2D eigenvalue weighted by Crippen LogP contribution is -2.46. The van der Waals surface area contributed by atoms with Gasteiger partial charge in [0.05, 0.1) is 12.5 Å². The molecule has 0 amide bonds. The third-order valence-corrected chi connectivity index (χ3v) is 7.19. The Kier molecular flexibility index (Phi) is 6.20. The monoisotopic (exact) mass is 484 g/mol. The van der Waals surface area contributed by atoms with Gasteiger partial charge in [-0.05, 0) is 35.9 Å². The molecule has 5 rings (SSSR count). The summed E-state index contributed by atoms with van der Waals surface area (Å²) in [5, 5.41) is 4.74. The molecule has 0 aliphatic carbocycles. The lowest BCUT2D eigenvalue weighted by atomic mass is 10.1. The molecule has 2 aromatic carbocycles. The largest absolute Gasteiger partial charge is 0.496 e. The molecular formula is C24H22Cl2N4OS. The molecule has 2 aromatic heterocycles. The second-order valence-corrected chi connectivity index (χ2v) is 9.48. The number of hydrogen-bond acceptors (Lipinski definition) is 6. The van der Waals surface area contributed by atoms with Gasteiger partial charge in [-0.1, -0.05) is 35.3 Å². The van der Waals surface area contributed by atoms with Crippen molar-refractivity contribution in [2.24, 2.45) is 0 Å². The van der Waals surface area contributed by atoms with Crippen molar-refractivity contribution in [1.29, 1.82) is 0 Å². The average Bonchev–Trinajstić information content (AvgIpc) is 3.25. The van der Waals surface area contributed by atoms with Crippen LogP contribution < -0.4 is 9.64 Å². The molecule has 4 aromatic rings. The molecule has 0 unspecified atom stereocenters. The summed E-state index contributed by atoms with van der Waals surface area (Å²) in [5.74, 6) is 1.88. The van der Waals surface area contributed by atoms with E-state index >= 15 is 0 Å². The summed E-state index contributed by atoms with van der Waals surface area (Å²) in [6, 6.07) is 13.7. The predicted molar refractivity (Wildman–Crippen MR) is 133 cm³/mol. The van der Waals surface area contributed by atoms with Crippen LogP contribution in [0.15, 0.2) is 54.2 Å². The van der Waals surface area contributed by atoms with E-state index in [-0.39, 0.29) is 0 Å². The van der Waals surface area contributed by atoms with Gasteiger partial charge in [-0.25, -0.2) is 9.97 Å². The molecule has 164 valence electrons. The van der Waals surface area contributed by atoms with Gasteiger partial charge in [0.1, 0.15) is 22.7 Å². The Balaban J connectivity index is 1.37. The van der Waals surface area contributed by atoms with E-state index in [1.165, 1.54) is 0 Å². The topological polar surface area (TPSA) is 41.5 Å². The highest BCUT2D eigenvalue weighted by Gasteiger charge is 2.23. The van der Waals surface area contributed by atoms with Crippen LogP contribution in [0.25, 0.3) is 21.3 Å². The first-order valence-corrected chi connectivity index (χ1v) is 12.0. The van der Waals surface area contributed by atoms with E-state index in [0.29, 0.717) is 0 Å². The van der Waals surface area contributed by atoms with Crippen LogP contribution in [0.2, 0.25) is 10.0 Å². The lowest BCUT2D eigenvalue weighted by Gasteiger charge is -2.36. The Morgan fingerprint density at radius 3 is 2.47 bits per heavy atom. The molecule has 1 fully saturated rings. The van der Waals surface area contributed by atoms with E-state index in [2.05, 4.69) is 32.3 Å². The van der Waals surface area contributed by atoms with Gasteiger partial charge >= 0.3 is 0 Å². The summed E-state index contributed by atoms with van der Waals surface area (Å²) in [5.41, 5.74) is 3.40. The van der Waals surface area contributed by atoms with Crippen molar-refractivity contribution in [3.63, 3.8) is 0 Å². The molecule has 32 heavy (non-hydrogen) atoms. The summed E-state index contributed by atoms with van der Waals surface area (Å²) in [4.78, 5) is 15.0. The standard InChI is InChI=1S/C24H22Cl2N4OS/c1-31-21-7-6-19(26)12-17(21)13-29-8-10-30(11-9-29)23-22-20(14-32-24(22)28-15-27-23)16-2-4-18(25)5-3-16/h2-7,12,14-15H,8-11,13H2,1H3. The summed E-state index contributed by atoms with van der Waals surface area (Å²) in [6.45, 7) is 4.46. The van der Waals surface area contributed by atoms with Crippen LogP contribution in [-0.4, -0.2) is 48.2 Å². The number of benzene rings is 2. The number of anilines is 1. The van der Waals surface area contributed by atoms with E-state index in [1.54, 1.807) is 24.8 Å². The second kappa shape index (κ2) is 9.24. The van der Waals surface area contributed by atoms with Gasteiger partial charge in [-0.15, -0.1) is 11.3 Å². The van der Waals surface area contributed by atoms with Crippen molar-refractivity contribution < 1.29 is 4.74 Å². The van der Waals surface area contributed by atoms with Crippen molar-refractivity contribution in [3.05, 3.63) is 69.8 Å². The molecule has 1 aliphatic rings. The third kappa shape index (κ3) is 4.28. The summed E-state index contributed by atoms with van der Waals surface area (Å²) < 4.78 is 5.51. The Bertz CT molecular complexity index is 1240. The quantitative estimate of drug-likeness (QED) is 0.347. The number of rotatable bonds is 5. The van der Waals surface area contributed by atoms with Gasteiger partial charge in [0.25, 0.3) is 0 Å². The van der Waals surface area contributed by atoms with Crippen LogP contribution >= 0.6 is 34.5 Å². The van der Waals surface area contributed by atoms with E-state index in [9.17, 15) is 0 Å². The molecule has 1 aliphatic heterocycles. The Morgan fingerprint density at radius 1 is 0.969 bits per heavy atom. The van der Waals surface area contributed by atoms with Gasteiger partial charge in [0, 0.05) is 59.3 Å². The number of fused-ring (bicyclic) bond motifs is 1. The minimum Gasteiger partial charge on any atom is -0.496 e. The van der Waals surface area contributed by atoms with Gasteiger partial charge in [-0.3, -0.25) is 4.90 Å². The minimum absolute atomic E-state index is 0.731. The number of hydrogen-bond donors (Lipinski definition) is 0. The normalized spacial score (nSPS) is 14.8. The molecule has 5 nitrogen and oxygen atoms in total. The van der Waals surface area contributed by atoms with Crippen molar-refractivity contribution >= 4 is 50.6 Å². The Labute approximate surface area is 201 Å². The Hall–Kier alpha value is -2.38. The van der Waals surface area contributed by atoms with Gasteiger partial charge < -0.3 is 9.64 Å². The van der Waals surface area contributed by atoms with Crippen molar-refractivity contribution in [3.8, 4) is 16.9 Å². The molecule has 3 heterocycles. The number of ether oxygens (including phenoxy) is 1. The predicted octanol–water partition coefficient (Wildman–Crippen LogP) is 6.00. The number of halogens is 2. The summed E-state index contributed by atoms with van der Waals surface area (Å²) in [6.07, 6.45) is 1.67. The van der Waals surface area contributed by atoms with Crippen LogP contribution in [0.3, 0.4) is 0 Å². The molecule has 0 spiro atoms. The first-order chi connectivity index (χ1) is 15.6. The van der Waals surface area contributed by atoms with Crippen molar-refractivity contribution in [2.45, 2.75) is 6.54 Å². The maximum Gasteiger partial charge on any atom is 0.141 e. The molecule has 0 atom stereocenters. The number of aromatic nitrogens is 2.